The quantitative estimate of drug-likeness (QED) is 0.635. The average Bonchev–Trinajstić information content (AvgIpc) is 2.59. The van der Waals surface area contributed by atoms with Crippen LogP contribution in [0.1, 0.15) is 0 Å². The van der Waals surface area contributed by atoms with Gasteiger partial charge in [-0.05, 0) is 42.5 Å². The highest BCUT2D eigenvalue weighted by Crippen LogP contribution is 2.20. The van der Waals surface area contributed by atoms with Crippen LogP contribution in [0, 0.1) is 0 Å². The molecule has 0 aliphatic heterocycles. The van der Waals surface area contributed by atoms with Gasteiger partial charge in [0.25, 0.3) is 5.56 Å². The third kappa shape index (κ3) is 4.64. The number of nitrogens with one attached hydrogen (secondary N) is 1. The molecule has 0 radical (unpaired) electrons. The van der Waals surface area contributed by atoms with Crippen molar-refractivity contribution in [3.05, 3.63) is 80.0 Å². The van der Waals surface area contributed by atoms with E-state index in [1.807, 2.05) is 36.4 Å². The molecular formula is C18H13Br2N3O2. The van der Waals surface area contributed by atoms with Gasteiger partial charge in [-0.25, -0.2) is 4.68 Å². The summed E-state index contributed by atoms with van der Waals surface area (Å²) in [5.41, 5.74) is 1.81. The Hall–Kier alpha value is -2.25. The number of aromatic nitrogens is 2. The van der Waals surface area contributed by atoms with Gasteiger partial charge < -0.3 is 5.32 Å². The van der Waals surface area contributed by atoms with Crippen LogP contribution >= 0.6 is 31.9 Å². The van der Waals surface area contributed by atoms with E-state index in [9.17, 15) is 9.59 Å². The zero-order valence-electron chi connectivity index (χ0n) is 12.9. The van der Waals surface area contributed by atoms with Crippen molar-refractivity contribution in [1.29, 1.82) is 0 Å². The summed E-state index contributed by atoms with van der Waals surface area (Å²) in [4.78, 5) is 24.2. The smallest absolute Gasteiger partial charge is 0.267 e. The summed E-state index contributed by atoms with van der Waals surface area (Å²) in [7, 11) is 0. The van der Waals surface area contributed by atoms with Gasteiger partial charge in [0.15, 0.2) is 0 Å². The molecule has 2 aromatic carbocycles. The van der Waals surface area contributed by atoms with Crippen molar-refractivity contribution in [3.8, 4) is 11.3 Å². The van der Waals surface area contributed by atoms with E-state index in [0.717, 1.165) is 19.2 Å². The van der Waals surface area contributed by atoms with E-state index in [0.29, 0.717) is 11.4 Å². The molecule has 0 aliphatic rings. The normalized spacial score (nSPS) is 10.5. The second-order valence-corrected chi connectivity index (χ2v) is 7.11. The summed E-state index contributed by atoms with van der Waals surface area (Å²) in [5.74, 6) is -0.316. The summed E-state index contributed by atoms with van der Waals surface area (Å²) in [6.07, 6.45) is 0. The fraction of sp³-hybridized carbons (Fsp3) is 0.0556. The van der Waals surface area contributed by atoms with Crippen LogP contribution in [0.25, 0.3) is 11.3 Å². The molecule has 3 rings (SSSR count). The molecule has 7 heteroatoms. The number of benzene rings is 2. The van der Waals surface area contributed by atoms with E-state index < -0.39 is 0 Å². The van der Waals surface area contributed by atoms with Crippen molar-refractivity contribution in [3.63, 3.8) is 0 Å². The van der Waals surface area contributed by atoms with E-state index >= 15 is 0 Å². The Bertz CT molecular complexity index is 969. The Morgan fingerprint density at radius 3 is 2.48 bits per heavy atom. The molecule has 1 N–H and O–H groups in total. The number of carbonyl (C=O) groups excluding carboxylic acids is 1. The minimum absolute atomic E-state index is 0.156. The zero-order valence-corrected chi connectivity index (χ0v) is 16.1. The van der Waals surface area contributed by atoms with Gasteiger partial charge in [-0.2, -0.15) is 5.10 Å². The lowest BCUT2D eigenvalue weighted by Crippen LogP contribution is -2.29. The van der Waals surface area contributed by atoms with Crippen LogP contribution in [0.2, 0.25) is 0 Å². The van der Waals surface area contributed by atoms with Gasteiger partial charge in [-0.3, -0.25) is 9.59 Å². The lowest BCUT2D eigenvalue weighted by molar-refractivity contribution is -0.117. The molecule has 25 heavy (non-hydrogen) atoms. The largest absolute Gasteiger partial charge is 0.324 e. The molecule has 5 nitrogen and oxygen atoms in total. The Morgan fingerprint density at radius 2 is 1.76 bits per heavy atom. The third-order valence-electron chi connectivity index (χ3n) is 3.41. The van der Waals surface area contributed by atoms with E-state index in [2.05, 4.69) is 42.3 Å². The van der Waals surface area contributed by atoms with Crippen LogP contribution in [0.15, 0.2) is 74.4 Å². The van der Waals surface area contributed by atoms with Crippen molar-refractivity contribution >= 4 is 43.5 Å². The molecule has 1 heterocycles. The second-order valence-electron chi connectivity index (χ2n) is 5.28. The predicted octanol–water partition coefficient (Wildman–Crippen LogP) is 4.07. The molecule has 1 aromatic heterocycles. The van der Waals surface area contributed by atoms with Gasteiger partial charge in [0, 0.05) is 26.3 Å². The van der Waals surface area contributed by atoms with E-state index in [4.69, 9.17) is 0 Å². The Morgan fingerprint density at radius 1 is 1.00 bits per heavy atom. The molecule has 0 aliphatic carbocycles. The molecule has 0 fully saturated rings. The van der Waals surface area contributed by atoms with Crippen LogP contribution in [0.5, 0.6) is 0 Å². The highest BCUT2D eigenvalue weighted by atomic mass is 79.9. The third-order valence-corrected chi connectivity index (χ3v) is 4.43. The number of hydrogen-bond donors (Lipinski definition) is 1. The number of nitrogens with zero attached hydrogens (tertiary/aromatic N) is 2. The van der Waals surface area contributed by atoms with Gasteiger partial charge in [0.05, 0.1) is 5.69 Å². The monoisotopic (exact) mass is 461 g/mol. The fourth-order valence-electron chi connectivity index (χ4n) is 2.23. The molecule has 0 unspecified atom stereocenters. The minimum atomic E-state index is -0.329. The first-order valence-corrected chi connectivity index (χ1v) is 8.99. The highest BCUT2D eigenvalue weighted by Gasteiger charge is 2.09. The van der Waals surface area contributed by atoms with Gasteiger partial charge >= 0.3 is 0 Å². The molecule has 0 spiro atoms. The standard InChI is InChI=1S/C18H13Br2N3O2/c19-13-4-6-15(7-5-13)21-17(24)11-23-18(25)9-8-16(22-23)12-2-1-3-14(20)10-12/h1-10H,11H2,(H,21,24). The maximum absolute atomic E-state index is 12.2. The summed E-state index contributed by atoms with van der Waals surface area (Å²) in [6, 6.07) is 17.8. The lowest BCUT2D eigenvalue weighted by Gasteiger charge is -2.08. The maximum atomic E-state index is 12.2. The van der Waals surface area contributed by atoms with Crippen LogP contribution in [-0.2, 0) is 11.3 Å². The molecule has 126 valence electrons. The first-order chi connectivity index (χ1) is 12.0. The first kappa shape index (κ1) is 17.6. The van der Waals surface area contributed by atoms with Gasteiger partial charge in [-0.15, -0.1) is 0 Å². The summed E-state index contributed by atoms with van der Waals surface area (Å²) < 4.78 is 2.99. The summed E-state index contributed by atoms with van der Waals surface area (Å²) >= 11 is 6.75. The van der Waals surface area contributed by atoms with Crippen LogP contribution in [0.3, 0.4) is 0 Å². The highest BCUT2D eigenvalue weighted by molar-refractivity contribution is 9.10. The van der Waals surface area contributed by atoms with Crippen molar-refractivity contribution in [2.45, 2.75) is 6.54 Å². The maximum Gasteiger partial charge on any atom is 0.267 e. The van der Waals surface area contributed by atoms with E-state index in [-0.39, 0.29) is 18.0 Å². The number of anilines is 1. The molecule has 0 saturated carbocycles. The SMILES string of the molecule is O=C(Cn1nc(-c2cccc(Br)c2)ccc1=O)Nc1ccc(Br)cc1. The summed E-state index contributed by atoms with van der Waals surface area (Å²) in [6.45, 7) is -0.156. The lowest BCUT2D eigenvalue weighted by atomic mass is 10.1. The van der Waals surface area contributed by atoms with Crippen molar-refractivity contribution in [1.82, 2.24) is 9.78 Å². The number of amides is 1. The number of hydrogen-bond acceptors (Lipinski definition) is 3. The molecule has 0 saturated heterocycles. The molecular weight excluding hydrogens is 450 g/mol. The van der Waals surface area contributed by atoms with Gasteiger partial charge in [0.2, 0.25) is 5.91 Å². The summed E-state index contributed by atoms with van der Waals surface area (Å²) in [5, 5.41) is 7.04. The molecule has 0 atom stereocenters. The topological polar surface area (TPSA) is 64.0 Å². The number of rotatable bonds is 4. The first-order valence-electron chi connectivity index (χ1n) is 7.41. The fourth-order valence-corrected chi connectivity index (χ4v) is 2.90. The van der Waals surface area contributed by atoms with E-state index in [1.165, 1.54) is 6.07 Å². The van der Waals surface area contributed by atoms with Crippen LogP contribution in [0.4, 0.5) is 5.69 Å². The Kier molecular flexibility index (Phi) is 5.45. The van der Waals surface area contributed by atoms with Crippen molar-refractivity contribution in [2.24, 2.45) is 0 Å². The van der Waals surface area contributed by atoms with E-state index in [1.54, 1.807) is 18.2 Å². The number of halogens is 2. The van der Waals surface area contributed by atoms with Crippen LogP contribution < -0.4 is 10.9 Å². The average molecular weight is 463 g/mol. The Labute approximate surface area is 161 Å². The van der Waals surface area contributed by atoms with Crippen molar-refractivity contribution in [2.75, 3.05) is 5.32 Å². The second kappa shape index (κ2) is 7.76. The van der Waals surface area contributed by atoms with Crippen LogP contribution in [-0.4, -0.2) is 15.7 Å². The molecule has 1 amide bonds. The molecule has 0 bridgehead atoms. The van der Waals surface area contributed by atoms with Gasteiger partial charge in [-0.1, -0.05) is 44.0 Å². The number of carbonyl (C=O) groups is 1. The van der Waals surface area contributed by atoms with Crippen molar-refractivity contribution < 1.29 is 4.79 Å². The minimum Gasteiger partial charge on any atom is -0.324 e. The predicted molar refractivity (Wildman–Crippen MR) is 104 cm³/mol. The molecule has 3 aromatic rings. The van der Waals surface area contributed by atoms with Gasteiger partial charge in [0.1, 0.15) is 6.54 Å². The Balaban J connectivity index is 1.80. The zero-order chi connectivity index (χ0) is 17.8.